The summed E-state index contributed by atoms with van der Waals surface area (Å²) in [6.07, 6.45) is 2.22. The summed E-state index contributed by atoms with van der Waals surface area (Å²) >= 11 is 0. The second kappa shape index (κ2) is 11.0. The number of nitrogens with one attached hydrogen (secondary N) is 1. The van der Waals surface area contributed by atoms with Crippen molar-refractivity contribution in [2.45, 2.75) is 26.3 Å². The van der Waals surface area contributed by atoms with Crippen molar-refractivity contribution in [3.63, 3.8) is 0 Å². The average molecular weight is 332 g/mol. The van der Waals surface area contributed by atoms with Gasteiger partial charge in [-0.2, -0.15) is 0 Å². The Hall–Kier alpha value is -1.59. The highest BCUT2D eigenvalue weighted by atomic mass is 16.5. The van der Waals surface area contributed by atoms with Gasteiger partial charge in [-0.25, -0.2) is 0 Å². The third kappa shape index (κ3) is 6.49. The molecule has 0 amide bonds. The summed E-state index contributed by atoms with van der Waals surface area (Å²) in [5, 5.41) is 3.48. The van der Waals surface area contributed by atoms with Crippen molar-refractivity contribution in [1.82, 2.24) is 15.1 Å². The minimum absolute atomic E-state index is 0.808. The minimum Gasteiger partial charge on any atom is -0.382 e. The van der Waals surface area contributed by atoms with Gasteiger partial charge in [-0.05, 0) is 25.3 Å². The molecule has 24 heavy (non-hydrogen) atoms. The van der Waals surface area contributed by atoms with Crippen molar-refractivity contribution in [2.75, 3.05) is 53.0 Å². The van der Waals surface area contributed by atoms with Crippen molar-refractivity contribution in [3.05, 3.63) is 35.9 Å². The molecule has 1 aliphatic heterocycles. The fourth-order valence-electron chi connectivity index (χ4n) is 2.97. The van der Waals surface area contributed by atoms with Crippen molar-refractivity contribution in [2.24, 2.45) is 4.99 Å². The number of ether oxygens (including phenoxy) is 1. The molecule has 0 aromatic heterocycles. The van der Waals surface area contributed by atoms with Crippen LogP contribution >= 0.6 is 0 Å². The van der Waals surface area contributed by atoms with Crippen LogP contribution in [0.3, 0.4) is 0 Å². The summed E-state index contributed by atoms with van der Waals surface area (Å²) < 4.78 is 5.37. The van der Waals surface area contributed by atoms with Crippen molar-refractivity contribution in [3.8, 4) is 0 Å². The van der Waals surface area contributed by atoms with E-state index in [1.165, 1.54) is 5.56 Å². The molecular weight excluding hydrogens is 300 g/mol. The molecule has 0 saturated carbocycles. The van der Waals surface area contributed by atoms with E-state index in [0.29, 0.717) is 0 Å². The van der Waals surface area contributed by atoms with Gasteiger partial charge in [0.2, 0.25) is 0 Å². The minimum atomic E-state index is 0.808. The molecule has 0 radical (unpaired) electrons. The fourth-order valence-corrected chi connectivity index (χ4v) is 2.97. The fraction of sp³-hybridized carbons (Fsp3) is 0.632. The monoisotopic (exact) mass is 332 g/mol. The highest BCUT2D eigenvalue weighted by molar-refractivity contribution is 5.79. The maximum Gasteiger partial charge on any atom is 0.193 e. The van der Waals surface area contributed by atoms with Crippen LogP contribution in [0.15, 0.2) is 35.3 Å². The SMILES string of the molecule is CCOCCCCNC(=NC)N1CCN(Cc2ccccc2)CC1. The van der Waals surface area contributed by atoms with Gasteiger partial charge in [0, 0.05) is 59.5 Å². The zero-order chi connectivity index (χ0) is 17.0. The molecule has 1 aromatic rings. The van der Waals surface area contributed by atoms with Crippen molar-refractivity contribution < 1.29 is 4.74 Å². The summed E-state index contributed by atoms with van der Waals surface area (Å²) in [5.74, 6) is 1.03. The Bertz CT molecular complexity index is 470. The molecule has 0 bridgehead atoms. The van der Waals surface area contributed by atoms with E-state index in [1.54, 1.807) is 0 Å². The molecule has 0 unspecified atom stereocenters. The predicted octanol–water partition coefficient (Wildman–Crippen LogP) is 2.20. The van der Waals surface area contributed by atoms with Gasteiger partial charge < -0.3 is 15.0 Å². The number of unbranched alkanes of at least 4 members (excludes halogenated alkanes) is 1. The van der Waals surface area contributed by atoms with E-state index in [-0.39, 0.29) is 0 Å². The third-order valence-corrected chi connectivity index (χ3v) is 4.34. The number of hydrogen-bond acceptors (Lipinski definition) is 3. The lowest BCUT2D eigenvalue weighted by molar-refractivity contribution is 0.143. The summed E-state index contributed by atoms with van der Waals surface area (Å²) in [5.41, 5.74) is 1.39. The molecule has 1 saturated heterocycles. The molecule has 1 aromatic carbocycles. The lowest BCUT2D eigenvalue weighted by Crippen LogP contribution is -2.52. The van der Waals surface area contributed by atoms with E-state index in [2.05, 4.69) is 50.4 Å². The third-order valence-electron chi connectivity index (χ3n) is 4.34. The molecule has 0 aliphatic carbocycles. The van der Waals surface area contributed by atoms with Crippen molar-refractivity contribution >= 4 is 5.96 Å². The summed E-state index contributed by atoms with van der Waals surface area (Å²) in [4.78, 5) is 9.32. The predicted molar refractivity (Wildman–Crippen MR) is 100 cm³/mol. The number of benzene rings is 1. The Morgan fingerprint density at radius 3 is 2.54 bits per heavy atom. The number of piperazine rings is 1. The molecule has 2 rings (SSSR count). The summed E-state index contributed by atoms with van der Waals surface area (Å²) in [7, 11) is 1.87. The number of aliphatic imine (C=N–C) groups is 1. The molecule has 134 valence electrons. The molecule has 1 heterocycles. The quantitative estimate of drug-likeness (QED) is 0.450. The van der Waals surface area contributed by atoms with Crippen LogP contribution in [-0.2, 0) is 11.3 Å². The molecule has 1 aliphatic rings. The largest absolute Gasteiger partial charge is 0.382 e. The molecule has 0 spiro atoms. The molecule has 0 atom stereocenters. The van der Waals surface area contributed by atoms with Gasteiger partial charge >= 0.3 is 0 Å². The molecule has 1 fully saturated rings. The Kier molecular flexibility index (Phi) is 8.63. The van der Waals surface area contributed by atoms with Gasteiger partial charge in [-0.15, -0.1) is 0 Å². The summed E-state index contributed by atoms with van der Waals surface area (Å²) in [6, 6.07) is 10.7. The lowest BCUT2D eigenvalue weighted by Gasteiger charge is -2.36. The standard InChI is InChI=1S/C19H32N4O/c1-3-24-16-8-7-11-21-19(20-2)23-14-12-22(13-15-23)17-18-9-5-4-6-10-18/h4-6,9-10H,3,7-8,11-17H2,1-2H3,(H,20,21). The second-order valence-corrected chi connectivity index (χ2v) is 6.13. The molecule has 1 N–H and O–H groups in total. The average Bonchev–Trinajstić information content (AvgIpc) is 2.63. The number of rotatable bonds is 8. The van der Waals surface area contributed by atoms with Gasteiger partial charge in [0.25, 0.3) is 0 Å². The topological polar surface area (TPSA) is 40.1 Å². The van der Waals surface area contributed by atoms with E-state index >= 15 is 0 Å². The van der Waals surface area contributed by atoms with E-state index in [4.69, 9.17) is 4.74 Å². The first-order valence-corrected chi connectivity index (χ1v) is 9.13. The lowest BCUT2D eigenvalue weighted by atomic mass is 10.2. The van der Waals surface area contributed by atoms with Crippen LogP contribution in [0.5, 0.6) is 0 Å². The van der Waals surface area contributed by atoms with Gasteiger partial charge in [-0.3, -0.25) is 9.89 Å². The van der Waals surface area contributed by atoms with Gasteiger partial charge in [0.1, 0.15) is 0 Å². The van der Waals surface area contributed by atoms with Crippen LogP contribution in [0.1, 0.15) is 25.3 Å². The maximum absolute atomic E-state index is 5.37. The van der Waals surface area contributed by atoms with Gasteiger partial charge in [0.15, 0.2) is 5.96 Å². The first-order chi connectivity index (χ1) is 11.8. The first-order valence-electron chi connectivity index (χ1n) is 9.13. The van der Waals surface area contributed by atoms with Crippen LogP contribution < -0.4 is 5.32 Å². The van der Waals surface area contributed by atoms with E-state index in [0.717, 1.165) is 71.3 Å². The van der Waals surface area contributed by atoms with Crippen LogP contribution in [0.2, 0.25) is 0 Å². The molecule has 5 nitrogen and oxygen atoms in total. The van der Waals surface area contributed by atoms with Gasteiger partial charge in [0.05, 0.1) is 0 Å². The van der Waals surface area contributed by atoms with Crippen LogP contribution in [0.25, 0.3) is 0 Å². The number of guanidine groups is 1. The zero-order valence-corrected chi connectivity index (χ0v) is 15.2. The Morgan fingerprint density at radius 1 is 1.12 bits per heavy atom. The van der Waals surface area contributed by atoms with Crippen molar-refractivity contribution in [1.29, 1.82) is 0 Å². The summed E-state index contributed by atoms with van der Waals surface area (Å²) in [6.45, 7) is 9.94. The first kappa shape index (κ1) is 18.7. The normalized spacial score (nSPS) is 16.4. The van der Waals surface area contributed by atoms with E-state index < -0.39 is 0 Å². The smallest absolute Gasteiger partial charge is 0.193 e. The van der Waals surface area contributed by atoms with E-state index in [1.807, 2.05) is 14.0 Å². The number of hydrogen-bond donors (Lipinski definition) is 1. The van der Waals surface area contributed by atoms with Crippen LogP contribution in [-0.4, -0.2) is 68.7 Å². The molecular formula is C19H32N4O. The van der Waals surface area contributed by atoms with Crippen LogP contribution in [0, 0.1) is 0 Å². The van der Waals surface area contributed by atoms with E-state index in [9.17, 15) is 0 Å². The Labute approximate surface area is 146 Å². The Morgan fingerprint density at radius 2 is 1.88 bits per heavy atom. The zero-order valence-electron chi connectivity index (χ0n) is 15.2. The van der Waals surface area contributed by atoms with Gasteiger partial charge in [-0.1, -0.05) is 30.3 Å². The second-order valence-electron chi connectivity index (χ2n) is 6.13. The van der Waals surface area contributed by atoms with Crippen LogP contribution in [0.4, 0.5) is 0 Å². The maximum atomic E-state index is 5.37. The highest BCUT2D eigenvalue weighted by Crippen LogP contribution is 2.08. The number of nitrogens with zero attached hydrogens (tertiary/aromatic N) is 3. The Balaban J connectivity index is 1.66. The molecule has 5 heteroatoms. The highest BCUT2D eigenvalue weighted by Gasteiger charge is 2.19.